The van der Waals surface area contributed by atoms with E-state index in [2.05, 4.69) is 30.8 Å². The van der Waals surface area contributed by atoms with Crippen molar-refractivity contribution in [2.45, 2.75) is 52.8 Å². The molecule has 0 spiro atoms. The smallest absolute Gasteiger partial charge is 0.372 e. The van der Waals surface area contributed by atoms with Gasteiger partial charge in [0, 0.05) is 12.6 Å². The van der Waals surface area contributed by atoms with Crippen LogP contribution >= 0.6 is 0 Å². The third-order valence-electron chi connectivity index (χ3n) is 2.54. The molecule has 0 aliphatic heterocycles. The number of hydrogen-bond acceptors (Lipinski definition) is 2. The van der Waals surface area contributed by atoms with Gasteiger partial charge in [0.05, 0.1) is 0 Å². The van der Waals surface area contributed by atoms with Crippen LogP contribution in [0.5, 0.6) is 0 Å². The highest BCUT2D eigenvalue weighted by Gasteiger charge is 2.27. The normalized spacial score (nSPS) is 15.0. The molecule has 0 rings (SSSR count). The van der Waals surface area contributed by atoms with Crippen molar-refractivity contribution in [1.29, 1.82) is 0 Å². The van der Waals surface area contributed by atoms with Crippen LogP contribution in [-0.4, -0.2) is 32.0 Å². The number of nitrogens with one attached hydrogen (secondary N) is 1. The van der Waals surface area contributed by atoms with Crippen molar-refractivity contribution in [3.63, 3.8) is 0 Å². The lowest BCUT2D eigenvalue weighted by Gasteiger charge is -2.31. The highest BCUT2D eigenvalue weighted by molar-refractivity contribution is 4.79. The molecule has 1 unspecified atom stereocenters. The molecule has 0 aromatic rings. The second-order valence-electron chi connectivity index (χ2n) is 5.29. The van der Waals surface area contributed by atoms with Crippen LogP contribution in [0.3, 0.4) is 0 Å². The Balaban J connectivity index is 3.77. The summed E-state index contributed by atoms with van der Waals surface area (Å²) in [6.45, 7) is 8.28. The van der Waals surface area contributed by atoms with Crippen LogP contribution in [0.2, 0.25) is 0 Å². The topological polar surface area (TPSA) is 21.3 Å². The molecule has 17 heavy (non-hydrogen) atoms. The minimum atomic E-state index is -4.22. The van der Waals surface area contributed by atoms with E-state index < -0.39 is 12.8 Å². The van der Waals surface area contributed by atoms with Gasteiger partial charge in [-0.05, 0) is 24.8 Å². The lowest BCUT2D eigenvalue weighted by molar-refractivity contribution is -0.174. The molecule has 0 aliphatic rings. The van der Waals surface area contributed by atoms with Crippen LogP contribution in [0, 0.1) is 5.41 Å². The fourth-order valence-corrected chi connectivity index (χ4v) is 1.67. The monoisotopic (exact) mass is 255 g/mol. The zero-order valence-electron chi connectivity index (χ0n) is 11.2. The zero-order chi connectivity index (χ0) is 13.5. The Bertz CT molecular complexity index is 199. The van der Waals surface area contributed by atoms with Crippen molar-refractivity contribution >= 4 is 0 Å². The van der Waals surface area contributed by atoms with E-state index in [0.717, 1.165) is 13.0 Å². The molecule has 0 fully saturated rings. The molecule has 2 nitrogen and oxygen atoms in total. The van der Waals surface area contributed by atoms with Crippen LogP contribution in [0.25, 0.3) is 0 Å². The molecule has 0 aliphatic carbocycles. The van der Waals surface area contributed by atoms with E-state index >= 15 is 0 Å². The maximum absolute atomic E-state index is 11.8. The summed E-state index contributed by atoms with van der Waals surface area (Å²) in [4.78, 5) is 0. The second-order valence-corrected chi connectivity index (χ2v) is 5.29. The summed E-state index contributed by atoms with van der Waals surface area (Å²) in [6, 6.07) is 0.307. The van der Waals surface area contributed by atoms with Crippen molar-refractivity contribution in [2.24, 2.45) is 5.41 Å². The van der Waals surface area contributed by atoms with E-state index in [9.17, 15) is 13.2 Å². The third-order valence-corrected chi connectivity index (χ3v) is 2.54. The van der Waals surface area contributed by atoms with Crippen LogP contribution in [0.4, 0.5) is 13.2 Å². The first-order chi connectivity index (χ1) is 7.67. The largest absolute Gasteiger partial charge is 0.411 e. The molecule has 1 N–H and O–H groups in total. The summed E-state index contributed by atoms with van der Waals surface area (Å²) in [6.07, 6.45) is -2.74. The van der Waals surface area contributed by atoms with Gasteiger partial charge in [0.15, 0.2) is 0 Å². The van der Waals surface area contributed by atoms with Gasteiger partial charge in [0.2, 0.25) is 0 Å². The van der Waals surface area contributed by atoms with Gasteiger partial charge in [-0.15, -0.1) is 0 Å². The van der Waals surface area contributed by atoms with Gasteiger partial charge in [0.1, 0.15) is 6.61 Å². The minimum absolute atomic E-state index is 0.111. The van der Waals surface area contributed by atoms with Gasteiger partial charge in [0.25, 0.3) is 0 Å². The molecule has 5 heteroatoms. The standard InChI is InChI=1S/C12H24F3NO/c1-5-16-10(11(2,3)4)7-6-8-17-9-12(13,14)15/h10,16H,5-9H2,1-4H3. The van der Waals surface area contributed by atoms with E-state index in [1.165, 1.54) is 0 Å². The fraction of sp³-hybridized carbons (Fsp3) is 1.00. The zero-order valence-corrected chi connectivity index (χ0v) is 11.2. The highest BCUT2D eigenvalue weighted by Crippen LogP contribution is 2.23. The Hall–Kier alpha value is -0.290. The average Bonchev–Trinajstić information content (AvgIpc) is 2.12. The summed E-state index contributed by atoms with van der Waals surface area (Å²) in [5.41, 5.74) is 0.111. The van der Waals surface area contributed by atoms with Gasteiger partial charge < -0.3 is 10.1 Å². The molecule has 0 saturated heterocycles. The molecule has 0 bridgehead atoms. The van der Waals surface area contributed by atoms with Gasteiger partial charge in [-0.2, -0.15) is 13.2 Å². The first-order valence-corrected chi connectivity index (χ1v) is 6.04. The molecule has 0 saturated carbocycles. The Morgan fingerprint density at radius 2 is 1.76 bits per heavy atom. The van der Waals surface area contributed by atoms with Gasteiger partial charge in [-0.25, -0.2) is 0 Å². The average molecular weight is 255 g/mol. The predicted molar refractivity (Wildman–Crippen MR) is 63.0 cm³/mol. The summed E-state index contributed by atoms with van der Waals surface area (Å²) >= 11 is 0. The first-order valence-electron chi connectivity index (χ1n) is 6.04. The SMILES string of the molecule is CCNC(CCCOCC(F)(F)F)C(C)(C)C. The molecular weight excluding hydrogens is 231 g/mol. The summed E-state index contributed by atoms with van der Waals surface area (Å²) in [7, 11) is 0. The van der Waals surface area contributed by atoms with E-state index in [1.807, 2.05) is 6.92 Å². The fourth-order valence-electron chi connectivity index (χ4n) is 1.67. The minimum Gasteiger partial charge on any atom is -0.372 e. The Labute approximate surface area is 102 Å². The second kappa shape index (κ2) is 7.21. The quantitative estimate of drug-likeness (QED) is 0.704. The van der Waals surface area contributed by atoms with Gasteiger partial charge in [-0.1, -0.05) is 27.7 Å². The number of ether oxygens (including phenoxy) is 1. The van der Waals surface area contributed by atoms with Gasteiger partial charge in [-0.3, -0.25) is 0 Å². The van der Waals surface area contributed by atoms with E-state index in [1.54, 1.807) is 0 Å². The van der Waals surface area contributed by atoms with Crippen molar-refractivity contribution < 1.29 is 17.9 Å². The summed E-state index contributed by atoms with van der Waals surface area (Å²) in [5, 5.41) is 3.35. The van der Waals surface area contributed by atoms with E-state index in [4.69, 9.17) is 0 Å². The van der Waals surface area contributed by atoms with Crippen LogP contribution in [0.1, 0.15) is 40.5 Å². The number of rotatable bonds is 7. The number of alkyl halides is 3. The maximum Gasteiger partial charge on any atom is 0.411 e. The Kier molecular flexibility index (Phi) is 7.09. The van der Waals surface area contributed by atoms with Crippen molar-refractivity contribution in [2.75, 3.05) is 19.8 Å². The summed E-state index contributed by atoms with van der Waals surface area (Å²) < 4.78 is 40.0. The lowest BCUT2D eigenvalue weighted by atomic mass is 9.84. The van der Waals surface area contributed by atoms with Crippen LogP contribution in [0.15, 0.2) is 0 Å². The first kappa shape index (κ1) is 16.7. The molecular formula is C12H24F3NO. The number of hydrogen-bond donors (Lipinski definition) is 1. The molecule has 0 amide bonds. The van der Waals surface area contributed by atoms with Gasteiger partial charge >= 0.3 is 6.18 Å². The van der Waals surface area contributed by atoms with Crippen LogP contribution in [-0.2, 0) is 4.74 Å². The molecule has 0 radical (unpaired) electrons. The third kappa shape index (κ3) is 9.41. The van der Waals surface area contributed by atoms with Crippen molar-refractivity contribution in [1.82, 2.24) is 5.32 Å². The predicted octanol–water partition coefficient (Wildman–Crippen LogP) is 3.37. The van der Waals surface area contributed by atoms with Crippen molar-refractivity contribution in [3.05, 3.63) is 0 Å². The molecule has 1 atom stereocenters. The molecule has 0 heterocycles. The molecule has 0 aromatic heterocycles. The Morgan fingerprint density at radius 3 is 2.18 bits per heavy atom. The maximum atomic E-state index is 11.8. The number of halogens is 3. The highest BCUT2D eigenvalue weighted by atomic mass is 19.4. The Morgan fingerprint density at radius 1 is 1.18 bits per heavy atom. The van der Waals surface area contributed by atoms with Crippen LogP contribution < -0.4 is 5.32 Å². The lowest BCUT2D eigenvalue weighted by Crippen LogP contribution is -2.40. The van der Waals surface area contributed by atoms with Crippen molar-refractivity contribution in [3.8, 4) is 0 Å². The molecule has 104 valence electrons. The molecule has 0 aromatic carbocycles. The van der Waals surface area contributed by atoms with E-state index in [-0.39, 0.29) is 12.0 Å². The van der Waals surface area contributed by atoms with E-state index in [0.29, 0.717) is 12.5 Å². The summed E-state index contributed by atoms with van der Waals surface area (Å²) in [5.74, 6) is 0.